The van der Waals surface area contributed by atoms with E-state index in [1.807, 2.05) is 0 Å². The van der Waals surface area contributed by atoms with E-state index in [-0.39, 0.29) is 31.9 Å². The third kappa shape index (κ3) is 1.42. The van der Waals surface area contributed by atoms with Gasteiger partial charge >= 0.3 is 5.97 Å². The van der Waals surface area contributed by atoms with E-state index in [9.17, 15) is 14.7 Å². The number of ether oxygens (including phenoxy) is 1. The lowest BCUT2D eigenvalue weighted by Gasteiger charge is -2.28. The highest BCUT2D eigenvalue weighted by Gasteiger charge is 2.57. The summed E-state index contributed by atoms with van der Waals surface area (Å²) in [5.74, 6) is -0.680. The second-order valence-electron chi connectivity index (χ2n) is 3.97. The predicted molar refractivity (Wildman–Crippen MR) is 50.9 cm³/mol. The predicted octanol–water partition coefficient (Wildman–Crippen LogP) is -0.325. The van der Waals surface area contributed by atoms with Gasteiger partial charge in [0, 0.05) is 19.4 Å². The van der Waals surface area contributed by atoms with Gasteiger partial charge in [0.25, 0.3) is 0 Å². The van der Waals surface area contributed by atoms with Crippen LogP contribution in [0.1, 0.15) is 27.6 Å². The molecule has 2 saturated heterocycles. The molecule has 0 aromatic rings. The van der Waals surface area contributed by atoms with Crippen LogP contribution in [0, 0.1) is 0 Å². The summed E-state index contributed by atoms with van der Waals surface area (Å²) in [5, 5.41) is 9.67. The molecule has 0 bridgehead atoms. The molecule has 2 rings (SSSR count). The van der Waals surface area contributed by atoms with Crippen molar-refractivity contribution in [3.8, 4) is 0 Å². The first-order chi connectivity index (χ1) is 7.41. The lowest BCUT2D eigenvalue weighted by atomic mass is 9.93. The maximum Gasteiger partial charge on any atom is 0.332 e. The fourth-order valence-corrected chi connectivity index (χ4v) is 2.37. The highest BCUT2D eigenvalue weighted by Crippen LogP contribution is 2.40. The monoisotopic (exact) mass is 214 g/mol. The van der Waals surface area contributed by atoms with Crippen LogP contribution in [-0.4, -0.2) is 46.7 Å². The van der Waals surface area contributed by atoms with Crippen LogP contribution in [0.15, 0.2) is 0 Å². The molecule has 0 unspecified atom stereocenters. The number of esters is 1. The van der Waals surface area contributed by atoms with Gasteiger partial charge in [-0.15, -0.1) is 0 Å². The Labute approximate surface area is 89.4 Å². The molecule has 5 nitrogen and oxygen atoms in total. The first-order valence-electron chi connectivity index (χ1n) is 5.61. The van der Waals surface area contributed by atoms with Gasteiger partial charge in [-0.25, -0.2) is 4.79 Å². The Morgan fingerprint density at radius 3 is 3.27 bits per heavy atom. The minimum Gasteiger partial charge on any atom is -0.464 e. The second kappa shape index (κ2) is 3.48. The van der Waals surface area contributed by atoms with Gasteiger partial charge in [-0.2, -0.15) is 0 Å². The van der Waals surface area contributed by atoms with Gasteiger partial charge in [-0.3, -0.25) is 4.79 Å². The van der Waals surface area contributed by atoms with Crippen LogP contribution in [0.25, 0.3) is 0 Å². The molecule has 15 heavy (non-hydrogen) atoms. The number of carbonyl (C=O) groups excluding carboxylic acids is 2. The lowest BCUT2D eigenvalue weighted by Crippen LogP contribution is -2.48. The third-order valence-corrected chi connectivity index (χ3v) is 3.06. The van der Waals surface area contributed by atoms with Crippen molar-refractivity contribution < 1.29 is 20.8 Å². The van der Waals surface area contributed by atoms with Gasteiger partial charge in [-0.05, 0) is 13.3 Å². The summed E-state index contributed by atoms with van der Waals surface area (Å²) in [6.45, 7) is 1.82. The smallest absolute Gasteiger partial charge is 0.332 e. The number of aliphatic hydroxyl groups is 1. The summed E-state index contributed by atoms with van der Waals surface area (Å²) >= 11 is 0. The van der Waals surface area contributed by atoms with E-state index in [1.165, 1.54) is 4.90 Å². The molecule has 0 radical (unpaired) electrons. The van der Waals surface area contributed by atoms with E-state index in [0.717, 1.165) is 0 Å². The molecule has 2 aliphatic heterocycles. The highest BCUT2D eigenvalue weighted by atomic mass is 16.5. The minimum atomic E-state index is -1.73. The highest BCUT2D eigenvalue weighted by molar-refractivity contribution is 5.92. The minimum absolute atomic E-state index is 0.0510. The number of rotatable bonds is 2. The number of nitrogens with zero attached hydrogens (tertiary/aromatic N) is 1. The van der Waals surface area contributed by atoms with E-state index >= 15 is 0 Å². The summed E-state index contributed by atoms with van der Waals surface area (Å²) in [6, 6.07) is 0. The fourth-order valence-electron chi connectivity index (χ4n) is 2.37. The maximum absolute atomic E-state index is 11.9. The van der Waals surface area contributed by atoms with Crippen LogP contribution in [0.3, 0.4) is 0 Å². The van der Waals surface area contributed by atoms with Gasteiger partial charge in [0.05, 0.1) is 14.1 Å². The molecule has 1 amide bonds. The van der Waals surface area contributed by atoms with Crippen LogP contribution in [-0.2, 0) is 14.3 Å². The summed E-state index contributed by atoms with van der Waals surface area (Å²) in [4.78, 5) is 24.8. The molecule has 84 valence electrons. The van der Waals surface area contributed by atoms with Gasteiger partial charge in [0.2, 0.25) is 5.91 Å². The normalized spacial score (nSPS) is 40.3. The van der Waals surface area contributed by atoms with Crippen LogP contribution in [0.4, 0.5) is 0 Å². The van der Waals surface area contributed by atoms with Crippen LogP contribution < -0.4 is 0 Å². The number of fused-ring (bicyclic) bond motifs is 1. The summed E-state index contributed by atoms with van der Waals surface area (Å²) in [6.07, 6.45) is -1.16. The van der Waals surface area contributed by atoms with Crippen molar-refractivity contribution in [3.63, 3.8) is 0 Å². The molecular formula is C10H15NO4. The molecule has 1 N–H and O–H groups in total. The second-order valence-corrected chi connectivity index (χ2v) is 3.97. The van der Waals surface area contributed by atoms with Crippen molar-refractivity contribution in [3.05, 3.63) is 0 Å². The largest absolute Gasteiger partial charge is 0.464 e. The van der Waals surface area contributed by atoms with Gasteiger partial charge < -0.3 is 14.7 Å². The Balaban J connectivity index is 2.30. The first-order valence-corrected chi connectivity index (χ1v) is 5.11. The fraction of sp³-hybridized carbons (Fsp3) is 0.800. The maximum atomic E-state index is 11.9. The molecule has 0 spiro atoms. The number of carbonyl (C=O) groups is 2. The Kier molecular flexibility index (Phi) is 2.12. The third-order valence-electron chi connectivity index (χ3n) is 3.06. The molecule has 0 aromatic carbocycles. The quantitative estimate of drug-likeness (QED) is 0.639. The average molecular weight is 214 g/mol. The number of β-amino-alcohol motifs (C(OH)–C–C–N with tert-alkyl or cyclic N) is 1. The van der Waals surface area contributed by atoms with Crippen LogP contribution in [0.5, 0.6) is 0 Å². The molecule has 2 atom stereocenters. The standard InChI is InChI=1S/C10H15NO4/c1-2-15-9(14)10-4-3-8(13)11(10)6-7(12)5-10/h7,12H,2-6H2,1H3/t7-,10-/m0/s1/i7D. The molecule has 2 aliphatic rings. The number of amides is 1. The molecule has 0 aromatic heterocycles. The number of hydrogen-bond donors (Lipinski definition) is 1. The van der Waals surface area contributed by atoms with E-state index in [4.69, 9.17) is 6.11 Å². The molecule has 5 heteroatoms. The first kappa shape index (κ1) is 9.15. The van der Waals surface area contributed by atoms with E-state index in [2.05, 4.69) is 0 Å². The molecular weight excluding hydrogens is 198 g/mol. The summed E-state index contributed by atoms with van der Waals surface area (Å²) < 4.78 is 12.5. The van der Waals surface area contributed by atoms with Crippen LogP contribution in [0.2, 0.25) is 0 Å². The average Bonchev–Trinajstić information content (AvgIpc) is 2.62. The lowest BCUT2D eigenvalue weighted by molar-refractivity contribution is -0.157. The van der Waals surface area contributed by atoms with Crippen molar-refractivity contribution >= 4 is 11.9 Å². The van der Waals surface area contributed by atoms with Crippen molar-refractivity contribution in [1.82, 2.24) is 4.90 Å². The molecule has 2 fully saturated rings. The van der Waals surface area contributed by atoms with E-state index in [0.29, 0.717) is 6.42 Å². The van der Waals surface area contributed by atoms with Gasteiger partial charge in [-0.1, -0.05) is 0 Å². The topological polar surface area (TPSA) is 66.8 Å². The van der Waals surface area contributed by atoms with Crippen molar-refractivity contribution in [1.29, 1.82) is 0 Å². The Morgan fingerprint density at radius 1 is 1.87 bits per heavy atom. The SMILES string of the molecule is [2H][C@@]1(O)CN2C(=O)CC[C@@]2(C(=O)OCC)C1. The molecule has 0 aliphatic carbocycles. The molecule has 0 saturated carbocycles. The van der Waals surface area contributed by atoms with Crippen molar-refractivity contribution in [2.45, 2.75) is 37.8 Å². The van der Waals surface area contributed by atoms with E-state index < -0.39 is 17.6 Å². The zero-order valence-electron chi connectivity index (χ0n) is 9.65. The van der Waals surface area contributed by atoms with Crippen molar-refractivity contribution in [2.75, 3.05) is 13.2 Å². The Bertz CT molecular complexity index is 344. The Morgan fingerprint density at radius 2 is 2.60 bits per heavy atom. The summed E-state index contributed by atoms with van der Waals surface area (Å²) in [5.41, 5.74) is -1.09. The van der Waals surface area contributed by atoms with Gasteiger partial charge in [0.15, 0.2) is 0 Å². The zero-order valence-corrected chi connectivity index (χ0v) is 8.65. The summed E-state index contributed by atoms with van der Waals surface area (Å²) in [7, 11) is 0. The molecule has 2 heterocycles. The zero-order chi connectivity index (χ0) is 12.0. The Hall–Kier alpha value is -1.10. The van der Waals surface area contributed by atoms with Crippen molar-refractivity contribution in [2.24, 2.45) is 0 Å². The van der Waals surface area contributed by atoms with Gasteiger partial charge in [0.1, 0.15) is 5.54 Å². The van der Waals surface area contributed by atoms with E-state index in [1.54, 1.807) is 6.92 Å². The number of hydrogen-bond acceptors (Lipinski definition) is 4. The van der Waals surface area contributed by atoms with Crippen LogP contribution >= 0.6 is 0 Å².